The lowest BCUT2D eigenvalue weighted by molar-refractivity contribution is 0.112. The highest BCUT2D eigenvalue weighted by Crippen LogP contribution is 2.19. The maximum atomic E-state index is 11.0. The molecule has 0 fully saturated rings. The van der Waals surface area contributed by atoms with Crippen LogP contribution < -0.4 is 0 Å². The Morgan fingerprint density at radius 2 is 2.00 bits per heavy atom. The molecule has 0 aliphatic carbocycles. The minimum Gasteiger partial charge on any atom is -0.298 e. The molecule has 82 valence electrons. The van der Waals surface area contributed by atoms with Crippen molar-refractivity contribution in [3.63, 3.8) is 0 Å². The van der Waals surface area contributed by atoms with Crippen LogP contribution in [0.2, 0.25) is 0 Å². The first kappa shape index (κ1) is 10.6. The summed E-state index contributed by atoms with van der Waals surface area (Å²) in [5.74, 6) is 0.377. The molecule has 0 atom stereocenters. The molecule has 0 aliphatic heterocycles. The van der Waals surface area contributed by atoms with E-state index in [2.05, 4.69) is 18.9 Å². The second kappa shape index (κ2) is 4.31. The van der Waals surface area contributed by atoms with Crippen LogP contribution in [0.1, 0.15) is 35.8 Å². The molecule has 0 bridgehead atoms. The zero-order chi connectivity index (χ0) is 11.5. The monoisotopic (exact) mass is 214 g/mol. The topological polar surface area (TPSA) is 34.9 Å². The first-order chi connectivity index (χ1) is 7.74. The lowest BCUT2D eigenvalue weighted by Gasteiger charge is -2.11. The molecule has 1 aromatic carbocycles. The number of para-hydroxylation sites is 1. The molecule has 1 heterocycles. The first-order valence-electron chi connectivity index (χ1n) is 5.32. The number of aldehydes is 1. The maximum absolute atomic E-state index is 11.0. The van der Waals surface area contributed by atoms with Gasteiger partial charge in [0.15, 0.2) is 6.29 Å². The largest absolute Gasteiger partial charge is 0.298 e. The molecule has 16 heavy (non-hydrogen) atoms. The van der Waals surface area contributed by atoms with Crippen molar-refractivity contribution in [1.29, 1.82) is 0 Å². The van der Waals surface area contributed by atoms with E-state index in [4.69, 9.17) is 0 Å². The third-order valence-corrected chi connectivity index (χ3v) is 2.56. The van der Waals surface area contributed by atoms with Gasteiger partial charge in [0, 0.05) is 17.5 Å². The molecule has 0 radical (unpaired) electrons. The molecule has 0 unspecified atom stereocenters. The molecular weight excluding hydrogens is 200 g/mol. The molecule has 0 spiro atoms. The van der Waals surface area contributed by atoms with E-state index in [0.29, 0.717) is 11.5 Å². The van der Waals surface area contributed by atoms with Gasteiger partial charge >= 0.3 is 0 Å². The van der Waals surface area contributed by atoms with Crippen molar-refractivity contribution in [3.8, 4) is 5.69 Å². The summed E-state index contributed by atoms with van der Waals surface area (Å²) in [6, 6.07) is 9.45. The number of benzene rings is 1. The fourth-order valence-corrected chi connectivity index (χ4v) is 1.73. The minimum absolute atomic E-state index is 0.377. The number of aromatic nitrogens is 2. The maximum Gasteiger partial charge on any atom is 0.152 e. The molecule has 0 amide bonds. The number of carbonyl (C=O) groups excluding carboxylic acids is 1. The van der Waals surface area contributed by atoms with E-state index in [1.807, 2.05) is 28.9 Å². The van der Waals surface area contributed by atoms with Gasteiger partial charge in [-0.2, -0.15) is 5.10 Å². The Balaban J connectivity index is 2.58. The Morgan fingerprint density at radius 1 is 1.25 bits per heavy atom. The molecule has 0 saturated carbocycles. The van der Waals surface area contributed by atoms with Gasteiger partial charge in [0.1, 0.15) is 0 Å². The standard InChI is InChI=1S/C13H14N2O/c1-10(2)12-7-8-14-15(12)13-6-4-3-5-11(13)9-16/h3-10H,1-2H3. The Kier molecular flexibility index (Phi) is 2.86. The Bertz CT molecular complexity index is 500. The van der Waals surface area contributed by atoms with Crippen LogP contribution in [0.15, 0.2) is 36.5 Å². The van der Waals surface area contributed by atoms with Gasteiger partial charge in [-0.05, 0) is 24.1 Å². The number of hydrogen-bond acceptors (Lipinski definition) is 2. The molecule has 3 nitrogen and oxygen atoms in total. The molecule has 3 heteroatoms. The lowest BCUT2D eigenvalue weighted by Crippen LogP contribution is -2.06. The zero-order valence-corrected chi connectivity index (χ0v) is 9.42. The van der Waals surface area contributed by atoms with E-state index in [1.54, 1.807) is 12.3 Å². The fourth-order valence-electron chi connectivity index (χ4n) is 1.73. The van der Waals surface area contributed by atoms with E-state index in [9.17, 15) is 4.79 Å². The number of hydrogen-bond donors (Lipinski definition) is 0. The average Bonchev–Trinajstić information content (AvgIpc) is 2.77. The van der Waals surface area contributed by atoms with Crippen molar-refractivity contribution >= 4 is 6.29 Å². The van der Waals surface area contributed by atoms with Crippen LogP contribution in [0.25, 0.3) is 5.69 Å². The number of nitrogens with zero attached hydrogens (tertiary/aromatic N) is 2. The Hall–Kier alpha value is -1.90. The molecule has 2 rings (SSSR count). The quantitative estimate of drug-likeness (QED) is 0.736. The summed E-state index contributed by atoms with van der Waals surface area (Å²) < 4.78 is 1.83. The molecular formula is C13H14N2O. The van der Waals surface area contributed by atoms with Gasteiger partial charge < -0.3 is 0 Å². The van der Waals surface area contributed by atoms with Crippen molar-refractivity contribution in [1.82, 2.24) is 9.78 Å². The van der Waals surface area contributed by atoms with Crippen LogP contribution in [-0.4, -0.2) is 16.1 Å². The van der Waals surface area contributed by atoms with E-state index >= 15 is 0 Å². The van der Waals surface area contributed by atoms with Crippen LogP contribution in [0.5, 0.6) is 0 Å². The van der Waals surface area contributed by atoms with E-state index < -0.39 is 0 Å². The molecule has 1 aromatic heterocycles. The van der Waals surface area contributed by atoms with Gasteiger partial charge in [-0.1, -0.05) is 26.0 Å². The van der Waals surface area contributed by atoms with E-state index in [0.717, 1.165) is 17.7 Å². The van der Waals surface area contributed by atoms with Gasteiger partial charge in [-0.3, -0.25) is 4.79 Å². The van der Waals surface area contributed by atoms with Crippen molar-refractivity contribution in [2.75, 3.05) is 0 Å². The highest BCUT2D eigenvalue weighted by atomic mass is 16.1. The summed E-state index contributed by atoms with van der Waals surface area (Å²) in [4.78, 5) is 11.0. The number of rotatable bonds is 3. The van der Waals surface area contributed by atoms with Crippen LogP contribution >= 0.6 is 0 Å². The van der Waals surface area contributed by atoms with Crippen molar-refractivity contribution in [2.24, 2.45) is 0 Å². The number of carbonyl (C=O) groups is 1. The summed E-state index contributed by atoms with van der Waals surface area (Å²) in [7, 11) is 0. The minimum atomic E-state index is 0.377. The van der Waals surface area contributed by atoms with Gasteiger partial charge in [0.2, 0.25) is 0 Å². The fraction of sp³-hybridized carbons (Fsp3) is 0.231. The Morgan fingerprint density at radius 3 is 2.69 bits per heavy atom. The zero-order valence-electron chi connectivity index (χ0n) is 9.42. The second-order valence-corrected chi connectivity index (χ2v) is 4.00. The van der Waals surface area contributed by atoms with Gasteiger partial charge in [-0.15, -0.1) is 0 Å². The molecule has 2 aromatic rings. The predicted octanol–water partition coefficient (Wildman–Crippen LogP) is 2.81. The van der Waals surface area contributed by atoms with Gasteiger partial charge in [0.05, 0.1) is 5.69 Å². The van der Waals surface area contributed by atoms with E-state index in [1.165, 1.54) is 0 Å². The summed E-state index contributed by atoms with van der Waals surface area (Å²) in [5, 5.41) is 4.27. The van der Waals surface area contributed by atoms with Crippen molar-refractivity contribution in [2.45, 2.75) is 19.8 Å². The second-order valence-electron chi connectivity index (χ2n) is 4.00. The Labute approximate surface area is 94.7 Å². The summed E-state index contributed by atoms with van der Waals surface area (Å²) in [5.41, 5.74) is 2.61. The van der Waals surface area contributed by atoms with E-state index in [-0.39, 0.29) is 0 Å². The summed E-state index contributed by atoms with van der Waals surface area (Å²) in [6.45, 7) is 4.22. The first-order valence-corrected chi connectivity index (χ1v) is 5.32. The molecule has 0 saturated heterocycles. The van der Waals surface area contributed by atoms with Crippen molar-refractivity contribution < 1.29 is 4.79 Å². The van der Waals surface area contributed by atoms with Gasteiger partial charge in [0.25, 0.3) is 0 Å². The van der Waals surface area contributed by atoms with Crippen molar-refractivity contribution in [3.05, 3.63) is 47.8 Å². The normalized spacial score (nSPS) is 10.7. The average molecular weight is 214 g/mol. The van der Waals surface area contributed by atoms with Gasteiger partial charge in [-0.25, -0.2) is 4.68 Å². The smallest absolute Gasteiger partial charge is 0.152 e. The predicted molar refractivity (Wildman–Crippen MR) is 63.0 cm³/mol. The summed E-state index contributed by atoms with van der Waals surface area (Å²) in [6.07, 6.45) is 2.62. The lowest BCUT2D eigenvalue weighted by atomic mass is 10.1. The van der Waals surface area contributed by atoms with Crippen LogP contribution in [0.4, 0.5) is 0 Å². The molecule has 0 aliphatic rings. The van der Waals surface area contributed by atoms with Crippen LogP contribution in [-0.2, 0) is 0 Å². The highest BCUT2D eigenvalue weighted by Gasteiger charge is 2.10. The van der Waals surface area contributed by atoms with Crippen LogP contribution in [0.3, 0.4) is 0 Å². The summed E-state index contributed by atoms with van der Waals surface area (Å²) >= 11 is 0. The SMILES string of the molecule is CC(C)c1ccnn1-c1ccccc1C=O. The third kappa shape index (κ3) is 1.76. The highest BCUT2D eigenvalue weighted by molar-refractivity contribution is 5.80. The van der Waals surface area contributed by atoms with Crippen LogP contribution in [0, 0.1) is 0 Å². The molecule has 0 N–H and O–H groups in total. The third-order valence-electron chi connectivity index (χ3n) is 2.56.